The highest BCUT2D eigenvalue weighted by Gasteiger charge is 2.33. The van der Waals surface area contributed by atoms with Gasteiger partial charge in [-0.25, -0.2) is 4.79 Å². The van der Waals surface area contributed by atoms with Crippen LogP contribution in [0, 0.1) is 5.92 Å². The van der Waals surface area contributed by atoms with Crippen LogP contribution in [-0.4, -0.2) is 66.6 Å². The Kier molecular flexibility index (Phi) is 7.53. The second-order valence-electron chi connectivity index (χ2n) is 8.31. The van der Waals surface area contributed by atoms with E-state index < -0.39 is 0 Å². The predicted molar refractivity (Wildman–Crippen MR) is 112 cm³/mol. The summed E-state index contributed by atoms with van der Waals surface area (Å²) in [5.74, 6) is 0.999. The molecule has 2 fully saturated rings. The fourth-order valence-corrected chi connectivity index (χ4v) is 4.41. The average molecular weight is 403 g/mol. The lowest BCUT2D eigenvalue weighted by molar-refractivity contribution is 0.0532. The molecule has 2 aliphatic heterocycles. The van der Waals surface area contributed by atoms with Gasteiger partial charge < -0.3 is 14.4 Å². The molecule has 0 unspecified atom stereocenters. The number of nitrogens with zero attached hydrogens (tertiary/aromatic N) is 2. The van der Waals surface area contributed by atoms with Crippen LogP contribution in [0.3, 0.4) is 0 Å². The van der Waals surface area contributed by atoms with Gasteiger partial charge in [0, 0.05) is 37.2 Å². The molecule has 0 aromatic heterocycles. The van der Waals surface area contributed by atoms with Gasteiger partial charge in [-0.15, -0.1) is 0 Å². The molecule has 0 bridgehead atoms. The lowest BCUT2D eigenvalue weighted by Gasteiger charge is -2.41. The van der Waals surface area contributed by atoms with E-state index in [2.05, 4.69) is 4.90 Å². The average Bonchev–Trinajstić information content (AvgIpc) is 2.73. The summed E-state index contributed by atoms with van der Waals surface area (Å²) in [6.45, 7) is 9.52. The molecule has 1 atom stereocenters. The lowest BCUT2D eigenvalue weighted by Crippen LogP contribution is -2.50. The van der Waals surface area contributed by atoms with Crippen LogP contribution < -0.4 is 4.74 Å². The molecule has 29 heavy (non-hydrogen) atoms. The number of ether oxygens (including phenoxy) is 2. The van der Waals surface area contributed by atoms with E-state index in [1.54, 1.807) is 4.90 Å². The number of benzene rings is 1. The minimum Gasteiger partial charge on any atom is -0.491 e. The van der Waals surface area contributed by atoms with E-state index in [9.17, 15) is 9.59 Å². The normalized spacial score (nSPS) is 21.2. The maximum atomic E-state index is 13.1. The Labute approximate surface area is 174 Å². The second-order valence-corrected chi connectivity index (χ2v) is 8.31. The molecule has 6 heteroatoms. The summed E-state index contributed by atoms with van der Waals surface area (Å²) in [7, 11) is 0. The van der Waals surface area contributed by atoms with Gasteiger partial charge >= 0.3 is 6.09 Å². The van der Waals surface area contributed by atoms with Crippen molar-refractivity contribution in [1.82, 2.24) is 9.80 Å². The van der Waals surface area contributed by atoms with Crippen LogP contribution >= 0.6 is 0 Å². The molecule has 0 saturated carbocycles. The molecule has 0 aliphatic carbocycles. The van der Waals surface area contributed by atoms with Crippen LogP contribution in [0.25, 0.3) is 0 Å². The highest BCUT2D eigenvalue weighted by atomic mass is 16.6. The van der Waals surface area contributed by atoms with Crippen molar-refractivity contribution in [1.29, 1.82) is 0 Å². The third-order valence-electron chi connectivity index (χ3n) is 5.82. The van der Waals surface area contributed by atoms with Crippen LogP contribution in [0.1, 0.15) is 56.8 Å². The van der Waals surface area contributed by atoms with Gasteiger partial charge in [0.05, 0.1) is 12.7 Å². The number of carbonyl (C=O) groups excluding carboxylic acids is 2. The van der Waals surface area contributed by atoms with Gasteiger partial charge in [-0.1, -0.05) is 12.1 Å². The van der Waals surface area contributed by atoms with Gasteiger partial charge in [0.1, 0.15) is 5.75 Å². The Morgan fingerprint density at radius 2 is 1.90 bits per heavy atom. The van der Waals surface area contributed by atoms with Gasteiger partial charge in [-0.05, 0) is 65.1 Å². The largest absolute Gasteiger partial charge is 0.491 e. The highest BCUT2D eigenvalue weighted by Crippen LogP contribution is 2.27. The zero-order valence-electron chi connectivity index (χ0n) is 17.9. The molecule has 160 valence electrons. The quantitative estimate of drug-likeness (QED) is 0.674. The molecule has 1 aromatic rings. The van der Waals surface area contributed by atoms with Crippen molar-refractivity contribution in [2.24, 2.45) is 5.92 Å². The first-order valence-corrected chi connectivity index (χ1v) is 10.9. The van der Waals surface area contributed by atoms with Crippen LogP contribution in [0.5, 0.6) is 5.75 Å². The molecule has 2 saturated heterocycles. The number of rotatable bonds is 6. The Hall–Kier alpha value is -2.08. The SMILES string of the molecule is CCOC(=O)N1CCC(N2CCC[C@@H](C(=O)c3cccc(OC(C)C)c3)C2)CC1. The third-order valence-corrected chi connectivity index (χ3v) is 5.82. The van der Waals surface area contributed by atoms with Crippen molar-refractivity contribution < 1.29 is 19.1 Å². The summed E-state index contributed by atoms with van der Waals surface area (Å²) in [6, 6.07) is 8.01. The van der Waals surface area contributed by atoms with E-state index in [1.807, 2.05) is 45.0 Å². The summed E-state index contributed by atoms with van der Waals surface area (Å²) in [5, 5.41) is 0. The lowest BCUT2D eigenvalue weighted by atomic mass is 9.88. The smallest absolute Gasteiger partial charge is 0.409 e. The zero-order chi connectivity index (χ0) is 20.8. The van der Waals surface area contributed by atoms with E-state index in [1.165, 1.54) is 0 Å². The molecule has 2 aliphatic rings. The second kappa shape index (κ2) is 10.1. The fraction of sp³-hybridized carbons (Fsp3) is 0.652. The molecule has 1 amide bonds. The standard InChI is InChI=1S/C23H34N2O4/c1-4-28-23(27)24-13-10-20(11-14-24)25-12-6-8-19(16-25)22(26)18-7-5-9-21(15-18)29-17(2)3/h5,7,9,15,17,19-20H,4,6,8,10-14,16H2,1-3H3/t19-/m1/s1. The number of likely N-dealkylation sites (tertiary alicyclic amines) is 2. The highest BCUT2D eigenvalue weighted by molar-refractivity contribution is 5.98. The molecule has 3 rings (SSSR count). The molecule has 0 radical (unpaired) electrons. The summed E-state index contributed by atoms with van der Waals surface area (Å²) < 4.78 is 10.9. The van der Waals surface area contributed by atoms with Crippen molar-refractivity contribution in [2.45, 2.75) is 58.6 Å². The Bertz CT molecular complexity index is 698. The number of ketones is 1. The van der Waals surface area contributed by atoms with Gasteiger partial charge in [-0.2, -0.15) is 0 Å². The fourth-order valence-electron chi connectivity index (χ4n) is 4.41. The van der Waals surface area contributed by atoms with Crippen LogP contribution in [0.2, 0.25) is 0 Å². The van der Waals surface area contributed by atoms with E-state index >= 15 is 0 Å². The van der Waals surface area contributed by atoms with Crippen molar-refractivity contribution in [2.75, 3.05) is 32.8 Å². The number of amides is 1. The van der Waals surface area contributed by atoms with Crippen molar-refractivity contribution in [3.8, 4) is 5.75 Å². The number of hydrogen-bond acceptors (Lipinski definition) is 5. The van der Waals surface area contributed by atoms with E-state index in [-0.39, 0.29) is 23.9 Å². The van der Waals surface area contributed by atoms with Crippen LogP contribution in [0.4, 0.5) is 4.79 Å². The Morgan fingerprint density at radius 1 is 1.14 bits per heavy atom. The van der Waals surface area contributed by atoms with Gasteiger partial charge in [-0.3, -0.25) is 9.69 Å². The molecule has 6 nitrogen and oxygen atoms in total. The van der Waals surface area contributed by atoms with Gasteiger partial charge in [0.25, 0.3) is 0 Å². The number of carbonyl (C=O) groups is 2. The Balaban J connectivity index is 1.57. The molecule has 0 N–H and O–H groups in total. The molecule has 2 heterocycles. The maximum absolute atomic E-state index is 13.1. The molecule has 0 spiro atoms. The summed E-state index contributed by atoms with van der Waals surface area (Å²) >= 11 is 0. The maximum Gasteiger partial charge on any atom is 0.409 e. The summed E-state index contributed by atoms with van der Waals surface area (Å²) in [5.41, 5.74) is 0.743. The molecular weight excluding hydrogens is 368 g/mol. The molecular formula is C23H34N2O4. The van der Waals surface area contributed by atoms with Gasteiger partial charge in [0.15, 0.2) is 5.78 Å². The van der Waals surface area contributed by atoms with Crippen LogP contribution in [0.15, 0.2) is 24.3 Å². The van der Waals surface area contributed by atoms with E-state index in [4.69, 9.17) is 9.47 Å². The number of hydrogen-bond donors (Lipinski definition) is 0. The van der Waals surface area contributed by atoms with Gasteiger partial charge in [0.2, 0.25) is 0 Å². The first-order valence-electron chi connectivity index (χ1n) is 10.9. The summed E-state index contributed by atoms with van der Waals surface area (Å²) in [4.78, 5) is 29.3. The molecule has 1 aromatic carbocycles. The van der Waals surface area contributed by atoms with E-state index in [0.29, 0.717) is 12.6 Å². The minimum absolute atomic E-state index is 0.0288. The first-order chi connectivity index (χ1) is 14.0. The van der Waals surface area contributed by atoms with Crippen molar-refractivity contribution in [3.63, 3.8) is 0 Å². The van der Waals surface area contributed by atoms with Crippen LogP contribution in [-0.2, 0) is 4.74 Å². The van der Waals surface area contributed by atoms with E-state index in [0.717, 1.165) is 63.2 Å². The Morgan fingerprint density at radius 3 is 2.59 bits per heavy atom. The summed E-state index contributed by atoms with van der Waals surface area (Å²) in [6.07, 6.45) is 3.74. The monoisotopic (exact) mass is 402 g/mol. The number of piperidine rings is 2. The topological polar surface area (TPSA) is 59.1 Å². The first kappa shape index (κ1) is 21.6. The third kappa shape index (κ3) is 5.72. The van der Waals surface area contributed by atoms with Crippen molar-refractivity contribution >= 4 is 11.9 Å². The minimum atomic E-state index is -0.207. The van der Waals surface area contributed by atoms with Crippen molar-refractivity contribution in [3.05, 3.63) is 29.8 Å². The number of Topliss-reactive ketones (excluding diaryl/α,β-unsaturated/α-hetero) is 1. The zero-order valence-corrected chi connectivity index (χ0v) is 17.9. The predicted octanol–water partition coefficient (Wildman–Crippen LogP) is 3.99.